The molecule has 0 aromatic rings. The number of hydrogen-bond acceptors (Lipinski definition) is 2. The Balaban J connectivity index is 4.18. The van der Waals surface area contributed by atoms with Crippen molar-refractivity contribution in [2.45, 2.75) is 27.7 Å². The summed E-state index contributed by atoms with van der Waals surface area (Å²) in [5, 5.41) is 3.58. The Labute approximate surface area is 63.0 Å². The first-order valence-corrected chi connectivity index (χ1v) is 3.48. The second-order valence-corrected chi connectivity index (χ2v) is 2.73. The Morgan fingerprint density at radius 3 is 2.20 bits per heavy atom. The fourth-order valence-corrected chi connectivity index (χ4v) is 0.640. The van der Waals surface area contributed by atoms with Gasteiger partial charge in [0.2, 0.25) is 0 Å². The average molecular weight is 140 g/mol. The zero-order valence-electron chi connectivity index (χ0n) is 7.23. The maximum absolute atomic E-state index is 3.58. The molecule has 2 nitrogen and oxygen atoms in total. The molecule has 0 atom stereocenters. The van der Waals surface area contributed by atoms with Crippen molar-refractivity contribution in [2.75, 3.05) is 0 Å². The van der Waals surface area contributed by atoms with Crippen LogP contribution >= 0.6 is 0 Å². The van der Waals surface area contributed by atoms with E-state index in [0.717, 1.165) is 5.70 Å². The molecule has 0 aliphatic heterocycles. The molecular formula is C8H16N2. The first-order chi connectivity index (χ1) is 4.59. The van der Waals surface area contributed by atoms with Gasteiger partial charge in [0.25, 0.3) is 0 Å². The molecule has 0 bridgehead atoms. The zero-order chi connectivity index (χ0) is 8.15. The summed E-state index contributed by atoms with van der Waals surface area (Å²) in [4.78, 5) is 0. The Bertz CT molecular complexity index is 145. The van der Waals surface area contributed by atoms with Crippen LogP contribution in [0.1, 0.15) is 27.7 Å². The van der Waals surface area contributed by atoms with Crippen LogP contribution in [0.2, 0.25) is 0 Å². The van der Waals surface area contributed by atoms with Gasteiger partial charge in [0.15, 0.2) is 0 Å². The Hall–Kier alpha value is -0.790. The number of rotatable bonds is 3. The minimum atomic E-state index is 0.578. The molecule has 0 saturated heterocycles. The first kappa shape index (κ1) is 9.21. The zero-order valence-corrected chi connectivity index (χ0v) is 7.23. The maximum Gasteiger partial charge on any atom is 0.0296 e. The van der Waals surface area contributed by atoms with Gasteiger partial charge in [0.05, 0.1) is 0 Å². The van der Waals surface area contributed by atoms with E-state index in [1.807, 2.05) is 6.92 Å². The quantitative estimate of drug-likeness (QED) is 0.471. The van der Waals surface area contributed by atoms with E-state index in [4.69, 9.17) is 0 Å². The van der Waals surface area contributed by atoms with Crippen molar-refractivity contribution >= 4 is 6.72 Å². The molecule has 0 heterocycles. The first-order valence-electron chi connectivity index (χ1n) is 3.48. The van der Waals surface area contributed by atoms with Crippen molar-refractivity contribution < 1.29 is 0 Å². The summed E-state index contributed by atoms with van der Waals surface area (Å²) < 4.78 is 0. The summed E-state index contributed by atoms with van der Waals surface area (Å²) in [7, 11) is 0. The molecule has 0 aromatic heterocycles. The van der Waals surface area contributed by atoms with Gasteiger partial charge in [-0.3, -0.25) is 5.43 Å². The van der Waals surface area contributed by atoms with Gasteiger partial charge in [-0.2, -0.15) is 5.10 Å². The highest BCUT2D eigenvalue weighted by Crippen LogP contribution is 2.11. The Kier molecular flexibility index (Phi) is 3.77. The van der Waals surface area contributed by atoms with Crippen LogP contribution in [0.15, 0.2) is 16.4 Å². The van der Waals surface area contributed by atoms with E-state index in [2.05, 4.69) is 38.0 Å². The number of hydrogen-bond donors (Lipinski definition) is 1. The fourth-order valence-electron chi connectivity index (χ4n) is 0.640. The number of allylic oxidation sites excluding steroid dienone is 2. The van der Waals surface area contributed by atoms with Crippen molar-refractivity contribution in [1.29, 1.82) is 0 Å². The van der Waals surface area contributed by atoms with Gasteiger partial charge < -0.3 is 0 Å². The van der Waals surface area contributed by atoms with Gasteiger partial charge in [-0.25, -0.2) is 0 Å². The third-order valence-electron chi connectivity index (χ3n) is 1.70. The second-order valence-electron chi connectivity index (χ2n) is 2.73. The minimum absolute atomic E-state index is 0.578. The van der Waals surface area contributed by atoms with Crippen molar-refractivity contribution in [3.8, 4) is 0 Å². The van der Waals surface area contributed by atoms with Crippen molar-refractivity contribution in [3.63, 3.8) is 0 Å². The summed E-state index contributed by atoms with van der Waals surface area (Å²) in [6.45, 7) is 11.8. The topological polar surface area (TPSA) is 24.4 Å². The Morgan fingerprint density at radius 1 is 1.40 bits per heavy atom. The van der Waals surface area contributed by atoms with E-state index < -0.39 is 0 Å². The van der Waals surface area contributed by atoms with Crippen LogP contribution in [0.3, 0.4) is 0 Å². The van der Waals surface area contributed by atoms with Crippen LogP contribution in [0.25, 0.3) is 0 Å². The van der Waals surface area contributed by atoms with E-state index in [1.54, 1.807) is 0 Å². The summed E-state index contributed by atoms with van der Waals surface area (Å²) in [5.41, 5.74) is 5.25. The Morgan fingerprint density at radius 2 is 1.90 bits per heavy atom. The molecule has 2 heteroatoms. The monoisotopic (exact) mass is 140 g/mol. The van der Waals surface area contributed by atoms with Gasteiger partial charge in [-0.05, 0) is 19.8 Å². The molecule has 0 saturated carbocycles. The maximum atomic E-state index is 3.58. The second kappa shape index (κ2) is 4.09. The van der Waals surface area contributed by atoms with E-state index in [1.165, 1.54) is 5.57 Å². The van der Waals surface area contributed by atoms with Gasteiger partial charge in [-0.1, -0.05) is 19.4 Å². The third-order valence-corrected chi connectivity index (χ3v) is 1.70. The summed E-state index contributed by atoms with van der Waals surface area (Å²) in [5.74, 6) is 0.578. The standard InChI is InChI=1S/C8H16N2/c1-6(2)7(3)8(4)10-9-5/h6,10H,5H2,1-4H3/b8-7+. The molecule has 10 heavy (non-hydrogen) atoms. The van der Waals surface area contributed by atoms with Crippen LogP contribution < -0.4 is 5.43 Å². The van der Waals surface area contributed by atoms with Gasteiger partial charge in [0.1, 0.15) is 0 Å². The summed E-state index contributed by atoms with van der Waals surface area (Å²) in [6, 6.07) is 0. The number of nitrogens with zero attached hydrogens (tertiary/aromatic N) is 1. The van der Waals surface area contributed by atoms with Crippen molar-refractivity contribution in [3.05, 3.63) is 11.3 Å². The van der Waals surface area contributed by atoms with Crippen molar-refractivity contribution in [2.24, 2.45) is 11.0 Å². The number of hydrazone groups is 1. The highest BCUT2D eigenvalue weighted by atomic mass is 15.3. The van der Waals surface area contributed by atoms with Crippen LogP contribution in [0.4, 0.5) is 0 Å². The molecule has 0 radical (unpaired) electrons. The van der Waals surface area contributed by atoms with E-state index >= 15 is 0 Å². The average Bonchev–Trinajstić information content (AvgIpc) is 1.87. The normalized spacial score (nSPS) is 12.9. The van der Waals surface area contributed by atoms with Crippen molar-refractivity contribution in [1.82, 2.24) is 5.43 Å². The SMILES string of the molecule is C=NN/C(C)=C(\C)C(C)C. The lowest BCUT2D eigenvalue weighted by molar-refractivity contribution is 0.728. The largest absolute Gasteiger partial charge is 0.284 e. The van der Waals surface area contributed by atoms with Crippen LogP contribution in [-0.4, -0.2) is 6.72 Å². The predicted octanol–water partition coefficient (Wildman–Crippen LogP) is 2.14. The van der Waals surface area contributed by atoms with Gasteiger partial charge in [-0.15, -0.1) is 0 Å². The highest BCUT2D eigenvalue weighted by molar-refractivity contribution is 5.23. The summed E-state index contributed by atoms with van der Waals surface area (Å²) in [6.07, 6.45) is 0. The molecular weight excluding hydrogens is 124 g/mol. The van der Waals surface area contributed by atoms with Crippen LogP contribution in [0, 0.1) is 5.92 Å². The smallest absolute Gasteiger partial charge is 0.0296 e. The lowest BCUT2D eigenvalue weighted by Gasteiger charge is -2.09. The molecule has 0 rings (SSSR count). The molecule has 58 valence electrons. The molecule has 0 aliphatic rings. The van der Waals surface area contributed by atoms with E-state index in [0.29, 0.717) is 5.92 Å². The number of nitrogens with one attached hydrogen (secondary N) is 1. The lowest BCUT2D eigenvalue weighted by Crippen LogP contribution is -2.06. The third kappa shape index (κ3) is 2.67. The van der Waals surface area contributed by atoms with Crippen LogP contribution in [0.5, 0.6) is 0 Å². The highest BCUT2D eigenvalue weighted by Gasteiger charge is 1.99. The predicted molar refractivity (Wildman–Crippen MR) is 45.9 cm³/mol. The molecule has 0 aliphatic carbocycles. The molecule has 0 spiro atoms. The molecule has 0 fully saturated rings. The minimum Gasteiger partial charge on any atom is -0.284 e. The van der Waals surface area contributed by atoms with Crippen LogP contribution in [-0.2, 0) is 0 Å². The lowest BCUT2D eigenvalue weighted by atomic mass is 10.0. The molecule has 0 amide bonds. The molecule has 1 N–H and O–H groups in total. The fraction of sp³-hybridized carbons (Fsp3) is 0.625. The molecule has 0 unspecified atom stereocenters. The molecule has 0 aromatic carbocycles. The van der Waals surface area contributed by atoms with E-state index in [9.17, 15) is 0 Å². The van der Waals surface area contributed by atoms with Gasteiger partial charge in [0, 0.05) is 12.4 Å². The van der Waals surface area contributed by atoms with E-state index in [-0.39, 0.29) is 0 Å². The van der Waals surface area contributed by atoms with Gasteiger partial charge >= 0.3 is 0 Å². The summed E-state index contributed by atoms with van der Waals surface area (Å²) >= 11 is 0.